The Labute approximate surface area is 115 Å². The van der Waals surface area contributed by atoms with E-state index in [0.29, 0.717) is 10.0 Å². The Bertz CT molecular complexity index is 543. The normalized spacial score (nSPS) is 11.3. The van der Waals surface area contributed by atoms with E-state index >= 15 is 0 Å². The van der Waals surface area contributed by atoms with Gasteiger partial charge in [0.2, 0.25) is 15.9 Å². The van der Waals surface area contributed by atoms with E-state index in [-0.39, 0.29) is 23.8 Å². The average molecular weight is 335 g/mol. The molecule has 2 N–H and O–H groups in total. The number of benzene rings is 1. The van der Waals surface area contributed by atoms with E-state index in [2.05, 4.69) is 26.0 Å². The number of sulfonamides is 1. The summed E-state index contributed by atoms with van der Waals surface area (Å²) in [4.78, 5) is 11.2. The highest BCUT2D eigenvalue weighted by molar-refractivity contribution is 9.10. The van der Waals surface area contributed by atoms with E-state index < -0.39 is 10.0 Å². The number of rotatable bonds is 5. The summed E-state index contributed by atoms with van der Waals surface area (Å²) in [5, 5.41) is 2.43. The predicted molar refractivity (Wildman–Crippen MR) is 72.8 cm³/mol. The van der Waals surface area contributed by atoms with Crippen molar-refractivity contribution in [1.82, 2.24) is 10.0 Å². The highest BCUT2D eigenvalue weighted by Crippen LogP contribution is 2.20. The summed E-state index contributed by atoms with van der Waals surface area (Å²) in [5.74, 6) is -0.205. The monoisotopic (exact) mass is 334 g/mol. The van der Waals surface area contributed by atoms with Crippen LogP contribution in [-0.2, 0) is 14.8 Å². The molecule has 1 amide bonds. The first-order valence-corrected chi connectivity index (χ1v) is 7.61. The third kappa shape index (κ3) is 4.08. The minimum Gasteiger partial charge on any atom is -0.359 e. The molecule has 0 aromatic heterocycles. The molecule has 7 heteroatoms. The van der Waals surface area contributed by atoms with Gasteiger partial charge in [0, 0.05) is 24.5 Å². The maximum atomic E-state index is 12.0. The van der Waals surface area contributed by atoms with Crippen molar-refractivity contribution in [2.75, 3.05) is 13.6 Å². The van der Waals surface area contributed by atoms with Crippen molar-refractivity contribution >= 4 is 31.9 Å². The number of hydrogen-bond acceptors (Lipinski definition) is 3. The van der Waals surface area contributed by atoms with Crippen LogP contribution in [0.3, 0.4) is 0 Å². The molecule has 5 nitrogen and oxygen atoms in total. The first-order chi connectivity index (χ1) is 8.36. The van der Waals surface area contributed by atoms with Crippen molar-refractivity contribution in [2.45, 2.75) is 18.2 Å². The van der Waals surface area contributed by atoms with Crippen molar-refractivity contribution in [1.29, 1.82) is 0 Å². The molecule has 0 radical (unpaired) electrons. The molecule has 100 valence electrons. The Morgan fingerprint density at radius 1 is 1.39 bits per heavy atom. The molecule has 0 aliphatic rings. The summed E-state index contributed by atoms with van der Waals surface area (Å²) in [6, 6.07) is 5.04. The van der Waals surface area contributed by atoms with E-state index in [9.17, 15) is 13.2 Å². The standard InChI is InChI=1S/C11H15BrN2O3S/c1-8-3-4-9(12)7-10(8)18(16,17)14-6-5-11(15)13-2/h3-4,7,14H,5-6H2,1-2H3,(H,13,15). The van der Waals surface area contributed by atoms with Gasteiger partial charge in [-0.1, -0.05) is 22.0 Å². The Balaban J connectivity index is 2.80. The molecule has 0 spiro atoms. The van der Waals surface area contributed by atoms with E-state index in [1.807, 2.05) is 0 Å². The van der Waals surface area contributed by atoms with Crippen LogP contribution in [0.25, 0.3) is 0 Å². The Morgan fingerprint density at radius 3 is 2.67 bits per heavy atom. The Hall–Kier alpha value is -0.920. The molecule has 1 aromatic carbocycles. The van der Waals surface area contributed by atoms with Crippen molar-refractivity contribution in [3.63, 3.8) is 0 Å². The maximum absolute atomic E-state index is 12.0. The van der Waals surface area contributed by atoms with Crippen LogP contribution in [0.1, 0.15) is 12.0 Å². The fourth-order valence-electron chi connectivity index (χ4n) is 1.37. The van der Waals surface area contributed by atoms with Crippen LogP contribution in [0.5, 0.6) is 0 Å². The number of nitrogens with one attached hydrogen (secondary N) is 2. The molecule has 0 bridgehead atoms. The quantitative estimate of drug-likeness (QED) is 0.848. The lowest BCUT2D eigenvalue weighted by Gasteiger charge is -2.09. The maximum Gasteiger partial charge on any atom is 0.240 e. The van der Waals surface area contributed by atoms with Gasteiger partial charge < -0.3 is 5.32 Å². The van der Waals surface area contributed by atoms with Crippen LogP contribution in [0.2, 0.25) is 0 Å². The molecular formula is C11H15BrN2O3S. The highest BCUT2D eigenvalue weighted by atomic mass is 79.9. The minimum absolute atomic E-state index is 0.0773. The van der Waals surface area contributed by atoms with Gasteiger partial charge in [0.25, 0.3) is 0 Å². The molecule has 0 atom stereocenters. The van der Waals surface area contributed by atoms with Gasteiger partial charge in [0.15, 0.2) is 0 Å². The summed E-state index contributed by atoms with van der Waals surface area (Å²) >= 11 is 3.24. The number of carbonyl (C=O) groups excluding carboxylic acids is 1. The van der Waals surface area contributed by atoms with E-state index in [1.54, 1.807) is 19.1 Å². The summed E-state index contributed by atoms with van der Waals surface area (Å²) in [7, 11) is -2.07. The predicted octanol–water partition coefficient (Wildman–Crippen LogP) is 1.17. The van der Waals surface area contributed by atoms with Gasteiger partial charge in [-0.3, -0.25) is 4.79 Å². The van der Waals surface area contributed by atoms with Gasteiger partial charge in [-0.05, 0) is 24.6 Å². The van der Waals surface area contributed by atoms with Crippen LogP contribution in [0.4, 0.5) is 0 Å². The molecule has 1 aromatic rings. The molecule has 0 fully saturated rings. The molecule has 0 saturated heterocycles. The lowest BCUT2D eigenvalue weighted by molar-refractivity contribution is -0.120. The summed E-state index contributed by atoms with van der Waals surface area (Å²) in [6.07, 6.45) is 0.114. The molecule has 0 unspecified atom stereocenters. The van der Waals surface area contributed by atoms with Crippen LogP contribution < -0.4 is 10.0 Å². The van der Waals surface area contributed by atoms with Gasteiger partial charge >= 0.3 is 0 Å². The van der Waals surface area contributed by atoms with Crippen LogP contribution in [0, 0.1) is 6.92 Å². The molecule has 0 saturated carbocycles. The fraction of sp³-hybridized carbons (Fsp3) is 0.364. The van der Waals surface area contributed by atoms with E-state index in [4.69, 9.17) is 0 Å². The van der Waals surface area contributed by atoms with Gasteiger partial charge in [0.05, 0.1) is 4.90 Å². The number of amides is 1. The number of aryl methyl sites for hydroxylation is 1. The second-order valence-corrected chi connectivity index (χ2v) is 6.38. The third-order valence-electron chi connectivity index (χ3n) is 2.36. The SMILES string of the molecule is CNC(=O)CCNS(=O)(=O)c1cc(Br)ccc1C. The average Bonchev–Trinajstić information content (AvgIpc) is 2.31. The van der Waals surface area contributed by atoms with Crippen molar-refractivity contribution in [3.8, 4) is 0 Å². The first-order valence-electron chi connectivity index (χ1n) is 5.33. The smallest absolute Gasteiger partial charge is 0.240 e. The topological polar surface area (TPSA) is 75.3 Å². The lowest BCUT2D eigenvalue weighted by atomic mass is 10.2. The molecule has 0 aliphatic carbocycles. The minimum atomic E-state index is -3.58. The zero-order valence-corrected chi connectivity index (χ0v) is 12.6. The molecule has 1 rings (SSSR count). The zero-order valence-electron chi connectivity index (χ0n) is 10.2. The number of halogens is 1. The number of carbonyl (C=O) groups is 1. The first kappa shape index (κ1) is 15.1. The van der Waals surface area contributed by atoms with Gasteiger partial charge in [-0.2, -0.15) is 0 Å². The molecule has 0 heterocycles. The summed E-state index contributed by atoms with van der Waals surface area (Å²) in [6.45, 7) is 1.80. The van der Waals surface area contributed by atoms with Gasteiger partial charge in [-0.15, -0.1) is 0 Å². The Morgan fingerprint density at radius 2 is 2.06 bits per heavy atom. The molecule has 0 aliphatic heterocycles. The summed E-state index contributed by atoms with van der Waals surface area (Å²) in [5.41, 5.74) is 0.658. The van der Waals surface area contributed by atoms with Crippen molar-refractivity contribution in [2.24, 2.45) is 0 Å². The Kier molecular flexibility index (Phi) is 5.30. The summed E-state index contributed by atoms with van der Waals surface area (Å²) < 4.78 is 27.1. The van der Waals surface area contributed by atoms with E-state index in [0.717, 1.165) is 0 Å². The number of hydrogen-bond donors (Lipinski definition) is 2. The van der Waals surface area contributed by atoms with Crippen LogP contribution >= 0.6 is 15.9 Å². The van der Waals surface area contributed by atoms with Gasteiger partial charge in [-0.25, -0.2) is 13.1 Å². The van der Waals surface area contributed by atoms with E-state index in [1.165, 1.54) is 13.1 Å². The van der Waals surface area contributed by atoms with Gasteiger partial charge in [0.1, 0.15) is 0 Å². The van der Waals surface area contributed by atoms with Crippen molar-refractivity contribution < 1.29 is 13.2 Å². The largest absolute Gasteiger partial charge is 0.359 e. The fourth-order valence-corrected chi connectivity index (χ4v) is 3.18. The van der Waals surface area contributed by atoms with Crippen molar-refractivity contribution in [3.05, 3.63) is 28.2 Å². The molecular weight excluding hydrogens is 320 g/mol. The highest BCUT2D eigenvalue weighted by Gasteiger charge is 2.16. The molecule has 18 heavy (non-hydrogen) atoms. The second kappa shape index (κ2) is 6.31. The third-order valence-corrected chi connectivity index (χ3v) is 4.46. The van der Waals surface area contributed by atoms with Crippen LogP contribution in [-0.4, -0.2) is 27.9 Å². The zero-order chi connectivity index (χ0) is 13.8. The lowest BCUT2D eigenvalue weighted by Crippen LogP contribution is -2.29. The second-order valence-electron chi connectivity index (χ2n) is 3.73. The van der Waals surface area contributed by atoms with Crippen LogP contribution in [0.15, 0.2) is 27.6 Å².